The quantitative estimate of drug-likeness (QED) is 0.143. The number of aliphatic imine (C=N–C) groups is 2. The maximum absolute atomic E-state index is 4.69. The van der Waals surface area contributed by atoms with Gasteiger partial charge < -0.3 is 0 Å². The molecule has 0 spiro atoms. The first-order valence-corrected chi connectivity index (χ1v) is 13.8. The topological polar surface area (TPSA) is 24.7 Å². The maximum atomic E-state index is 4.69. The Kier molecular flexibility index (Phi) is 14.9. The summed E-state index contributed by atoms with van der Waals surface area (Å²) >= 11 is 0. The fourth-order valence-electron chi connectivity index (χ4n) is 5.07. The van der Waals surface area contributed by atoms with Crippen molar-refractivity contribution in [3.8, 4) is 0 Å². The van der Waals surface area contributed by atoms with Crippen molar-refractivity contribution in [1.82, 2.24) is 0 Å². The Hall–Kier alpha value is -1.57. The van der Waals surface area contributed by atoms with Crippen LogP contribution in [-0.2, 0) is 6.42 Å². The van der Waals surface area contributed by atoms with Gasteiger partial charge in [-0.1, -0.05) is 144 Å². The van der Waals surface area contributed by atoms with E-state index >= 15 is 0 Å². The summed E-state index contributed by atoms with van der Waals surface area (Å²) in [4.78, 5) is 9.37. The standard InChI is InChI=1S/C30H49N2/c1-3-5-7-9-11-12-14-19-23-29(30-31-24-25-32-30)28(22-18-13-10-8-6-4-2)26-27-20-16-15-17-21-27/h15-17,20-21,24-25,28-29H,3-14,18-19,22-23,26H2,1-2H3/q+1. The highest BCUT2D eigenvalue weighted by atomic mass is 15.0. The highest BCUT2D eigenvalue weighted by Crippen LogP contribution is 2.37. The Morgan fingerprint density at radius 1 is 0.625 bits per heavy atom. The average Bonchev–Trinajstić information content (AvgIpc) is 3.35. The molecule has 1 aromatic rings. The second kappa shape index (κ2) is 17.9. The fourth-order valence-corrected chi connectivity index (χ4v) is 5.07. The molecule has 2 nitrogen and oxygen atoms in total. The zero-order valence-electron chi connectivity index (χ0n) is 21.1. The molecule has 0 N–H and O–H groups in total. The summed E-state index contributed by atoms with van der Waals surface area (Å²) in [7, 11) is 0. The molecule has 1 heterocycles. The van der Waals surface area contributed by atoms with E-state index in [0.717, 1.165) is 12.6 Å². The highest BCUT2D eigenvalue weighted by molar-refractivity contribution is 6.18. The van der Waals surface area contributed by atoms with Crippen LogP contribution < -0.4 is 0 Å². The van der Waals surface area contributed by atoms with Crippen LogP contribution in [0.3, 0.4) is 0 Å². The SMILES string of the molecule is CCCCCCCCCCC([C+]1N=CC=N1)C(CCCCCCCC)Cc1ccccc1. The summed E-state index contributed by atoms with van der Waals surface area (Å²) in [5.41, 5.74) is 1.47. The van der Waals surface area contributed by atoms with Crippen LogP contribution in [0.2, 0.25) is 0 Å². The second-order valence-electron chi connectivity index (χ2n) is 9.79. The van der Waals surface area contributed by atoms with Gasteiger partial charge in [0.15, 0.2) is 12.4 Å². The predicted octanol–water partition coefficient (Wildman–Crippen LogP) is 9.39. The molecule has 32 heavy (non-hydrogen) atoms. The highest BCUT2D eigenvalue weighted by Gasteiger charge is 2.35. The van der Waals surface area contributed by atoms with Gasteiger partial charge in [-0.15, -0.1) is 0 Å². The van der Waals surface area contributed by atoms with Gasteiger partial charge in [0.2, 0.25) is 6.17 Å². The molecule has 178 valence electrons. The van der Waals surface area contributed by atoms with E-state index in [-0.39, 0.29) is 0 Å². The van der Waals surface area contributed by atoms with Gasteiger partial charge in [-0.05, 0) is 30.7 Å². The molecular weight excluding hydrogens is 388 g/mol. The first-order chi connectivity index (χ1) is 15.8. The lowest BCUT2D eigenvalue weighted by molar-refractivity contribution is 0.284. The molecule has 2 rings (SSSR count). The second-order valence-corrected chi connectivity index (χ2v) is 9.79. The van der Waals surface area contributed by atoms with Gasteiger partial charge in [-0.3, -0.25) is 0 Å². The Labute approximate surface area is 199 Å². The van der Waals surface area contributed by atoms with Crippen LogP contribution in [0.25, 0.3) is 0 Å². The van der Waals surface area contributed by atoms with Crippen LogP contribution in [0.5, 0.6) is 0 Å². The Morgan fingerprint density at radius 3 is 1.69 bits per heavy atom. The van der Waals surface area contributed by atoms with Gasteiger partial charge in [0, 0.05) is 0 Å². The summed E-state index contributed by atoms with van der Waals surface area (Å²) in [5, 5.41) is 0. The molecule has 1 aromatic carbocycles. The van der Waals surface area contributed by atoms with E-state index in [0.29, 0.717) is 11.8 Å². The van der Waals surface area contributed by atoms with Crippen molar-refractivity contribution < 1.29 is 0 Å². The molecule has 1 aliphatic rings. The lowest BCUT2D eigenvalue weighted by Gasteiger charge is -2.26. The van der Waals surface area contributed by atoms with E-state index in [4.69, 9.17) is 0 Å². The Morgan fingerprint density at radius 2 is 1.12 bits per heavy atom. The van der Waals surface area contributed by atoms with Crippen LogP contribution in [0, 0.1) is 18.0 Å². The number of hydrogen-bond acceptors (Lipinski definition) is 2. The molecular formula is C30H49N2+. The number of nitrogens with zero attached hydrogens (tertiary/aromatic N) is 2. The van der Waals surface area contributed by atoms with Crippen LogP contribution in [0.15, 0.2) is 40.3 Å². The van der Waals surface area contributed by atoms with Crippen molar-refractivity contribution in [2.45, 2.75) is 123 Å². The molecule has 0 fully saturated rings. The fraction of sp³-hybridized carbons (Fsp3) is 0.700. The van der Waals surface area contributed by atoms with E-state index < -0.39 is 0 Å². The van der Waals surface area contributed by atoms with E-state index in [1.165, 1.54) is 108 Å². The first kappa shape index (κ1) is 26.7. The first-order valence-electron chi connectivity index (χ1n) is 13.8. The van der Waals surface area contributed by atoms with Crippen molar-refractivity contribution in [1.29, 1.82) is 0 Å². The molecule has 0 radical (unpaired) electrons. The van der Waals surface area contributed by atoms with Gasteiger partial charge in [0.25, 0.3) is 0 Å². The minimum Gasteiger partial charge on any atom is -0.0965 e. The van der Waals surface area contributed by atoms with Gasteiger partial charge in [0.05, 0.1) is 5.92 Å². The van der Waals surface area contributed by atoms with Gasteiger partial charge >= 0.3 is 0 Å². The maximum Gasteiger partial charge on any atom is 0.244 e. The summed E-state index contributed by atoms with van der Waals surface area (Å²) in [5.74, 6) is 1.15. The van der Waals surface area contributed by atoms with E-state index in [1.807, 2.05) is 12.4 Å². The lowest BCUT2D eigenvalue weighted by atomic mass is 9.78. The van der Waals surface area contributed by atoms with Crippen LogP contribution in [0.4, 0.5) is 0 Å². The van der Waals surface area contributed by atoms with Crippen molar-refractivity contribution in [3.05, 3.63) is 42.1 Å². The molecule has 0 aliphatic carbocycles. The monoisotopic (exact) mass is 437 g/mol. The average molecular weight is 438 g/mol. The zero-order chi connectivity index (χ0) is 22.7. The predicted molar refractivity (Wildman–Crippen MR) is 143 cm³/mol. The van der Waals surface area contributed by atoms with E-state index in [2.05, 4.69) is 54.2 Å². The largest absolute Gasteiger partial charge is 0.244 e. The third-order valence-corrected chi connectivity index (χ3v) is 7.02. The molecule has 2 atom stereocenters. The summed E-state index contributed by atoms with van der Waals surface area (Å²) in [6, 6.07) is 11.1. The molecule has 0 bridgehead atoms. The Bertz CT molecular complexity index is 595. The molecule has 0 saturated carbocycles. The van der Waals surface area contributed by atoms with Gasteiger partial charge in [-0.2, -0.15) is 0 Å². The third kappa shape index (κ3) is 11.3. The van der Waals surface area contributed by atoms with Crippen molar-refractivity contribution in [3.63, 3.8) is 0 Å². The minimum atomic E-state index is 0.501. The molecule has 1 aliphatic heterocycles. The number of unbranched alkanes of at least 4 members (excludes halogenated alkanes) is 12. The minimum absolute atomic E-state index is 0.501. The van der Waals surface area contributed by atoms with Crippen LogP contribution >= 0.6 is 0 Å². The summed E-state index contributed by atoms with van der Waals surface area (Å²) < 4.78 is 0. The molecule has 2 unspecified atom stereocenters. The molecule has 2 heteroatoms. The van der Waals surface area contributed by atoms with Crippen LogP contribution in [0.1, 0.15) is 122 Å². The van der Waals surface area contributed by atoms with E-state index in [1.54, 1.807) is 0 Å². The van der Waals surface area contributed by atoms with E-state index in [9.17, 15) is 0 Å². The van der Waals surface area contributed by atoms with Crippen LogP contribution in [-0.4, -0.2) is 12.4 Å². The molecule has 0 aromatic heterocycles. The smallest absolute Gasteiger partial charge is 0.0965 e. The Balaban J connectivity index is 1.89. The molecule has 0 saturated heterocycles. The normalized spacial score (nSPS) is 14.9. The zero-order valence-corrected chi connectivity index (χ0v) is 21.1. The van der Waals surface area contributed by atoms with Gasteiger partial charge in [-0.25, -0.2) is 0 Å². The number of benzene rings is 1. The van der Waals surface area contributed by atoms with Crippen molar-refractivity contribution in [2.24, 2.45) is 21.8 Å². The van der Waals surface area contributed by atoms with Crippen molar-refractivity contribution in [2.75, 3.05) is 0 Å². The number of rotatable bonds is 20. The van der Waals surface area contributed by atoms with Gasteiger partial charge in [0.1, 0.15) is 0 Å². The van der Waals surface area contributed by atoms with Crippen molar-refractivity contribution >= 4 is 12.4 Å². The lowest BCUT2D eigenvalue weighted by Crippen LogP contribution is -2.22. The summed E-state index contributed by atoms with van der Waals surface area (Å²) in [6.45, 7) is 4.59. The molecule has 0 amide bonds. The summed E-state index contributed by atoms with van der Waals surface area (Å²) in [6.07, 6.45) is 27.8. The third-order valence-electron chi connectivity index (χ3n) is 7.02. The number of hydrogen-bond donors (Lipinski definition) is 0.